The zero-order valence-electron chi connectivity index (χ0n) is 12.3. The predicted molar refractivity (Wildman–Crippen MR) is 77.9 cm³/mol. The van der Waals surface area contributed by atoms with Crippen LogP contribution in [0.15, 0.2) is 24.3 Å². The Hall–Kier alpha value is -1.42. The molecule has 1 N–H and O–H groups in total. The van der Waals surface area contributed by atoms with E-state index in [-0.39, 0.29) is 29.5 Å². The fraction of sp³-hybridized carbons (Fsp3) is 0.588. The fourth-order valence-corrected chi connectivity index (χ4v) is 3.73. The lowest BCUT2D eigenvalue weighted by molar-refractivity contribution is -0.134. The number of nitrogens with one attached hydrogen (secondary N) is 1. The van der Waals surface area contributed by atoms with Gasteiger partial charge in [-0.1, -0.05) is 18.6 Å². The van der Waals surface area contributed by atoms with E-state index in [0.717, 1.165) is 18.4 Å². The summed E-state index contributed by atoms with van der Waals surface area (Å²) < 4.78 is 13.6. The molecule has 112 valence electrons. The van der Waals surface area contributed by atoms with Gasteiger partial charge in [-0.2, -0.15) is 0 Å². The molecule has 1 amide bonds. The summed E-state index contributed by atoms with van der Waals surface area (Å²) in [6, 6.07) is 6.86. The Bertz CT molecular complexity index is 580. The minimum Gasteiger partial charge on any atom is -0.318 e. The van der Waals surface area contributed by atoms with Gasteiger partial charge < -0.3 is 4.90 Å². The number of benzene rings is 1. The second kappa shape index (κ2) is 4.54. The van der Waals surface area contributed by atoms with Crippen molar-refractivity contribution in [2.45, 2.75) is 56.8 Å². The van der Waals surface area contributed by atoms with Crippen LogP contribution in [0.1, 0.15) is 50.8 Å². The number of rotatable bonds is 3. The first kappa shape index (κ1) is 13.3. The van der Waals surface area contributed by atoms with Crippen molar-refractivity contribution in [1.82, 2.24) is 10.2 Å². The number of nitrogens with zero attached hydrogens (tertiary/aromatic N) is 1. The van der Waals surface area contributed by atoms with Crippen LogP contribution < -0.4 is 5.32 Å². The Labute approximate surface area is 124 Å². The summed E-state index contributed by atoms with van der Waals surface area (Å²) in [6.07, 6.45) is 5.31. The monoisotopic (exact) mass is 288 g/mol. The molecule has 0 bridgehead atoms. The van der Waals surface area contributed by atoms with E-state index in [2.05, 4.69) is 12.2 Å². The molecule has 1 aromatic carbocycles. The maximum absolute atomic E-state index is 13.6. The third-order valence-electron chi connectivity index (χ3n) is 5.52. The van der Waals surface area contributed by atoms with Crippen LogP contribution in [0, 0.1) is 11.7 Å². The molecule has 2 saturated carbocycles. The standard InChI is InChI=1S/C17H21FN2O/c1-11(12-4-2-5-12)20-15(13-6-3-7-14(18)10-13)19-17(8-9-17)16(20)21/h3,6-7,10-12,15,19H,2,4-5,8-9H2,1H3. The lowest BCUT2D eigenvalue weighted by atomic mass is 9.79. The van der Waals surface area contributed by atoms with E-state index in [1.165, 1.54) is 25.3 Å². The second-order valence-electron chi connectivity index (χ2n) is 6.83. The molecule has 2 aliphatic carbocycles. The molecule has 4 heteroatoms. The average Bonchev–Trinajstić information content (AvgIpc) is 3.10. The zero-order valence-corrected chi connectivity index (χ0v) is 12.3. The summed E-state index contributed by atoms with van der Waals surface area (Å²) in [7, 11) is 0. The van der Waals surface area contributed by atoms with Crippen LogP contribution in [0.2, 0.25) is 0 Å². The SMILES string of the molecule is CC(C1CCC1)N1C(=O)C2(CC2)NC1c1cccc(F)c1. The number of hydrogen-bond acceptors (Lipinski definition) is 2. The van der Waals surface area contributed by atoms with Crippen molar-refractivity contribution >= 4 is 5.91 Å². The molecule has 2 atom stereocenters. The number of amides is 1. The highest BCUT2D eigenvalue weighted by molar-refractivity contribution is 5.92. The lowest BCUT2D eigenvalue weighted by Gasteiger charge is -2.39. The molecule has 1 aromatic rings. The summed E-state index contributed by atoms with van der Waals surface area (Å²) in [4.78, 5) is 14.8. The summed E-state index contributed by atoms with van der Waals surface area (Å²) >= 11 is 0. The first-order valence-corrected chi connectivity index (χ1v) is 7.97. The van der Waals surface area contributed by atoms with E-state index >= 15 is 0 Å². The zero-order chi connectivity index (χ0) is 14.6. The van der Waals surface area contributed by atoms with E-state index in [1.54, 1.807) is 12.1 Å². The van der Waals surface area contributed by atoms with Crippen molar-refractivity contribution in [3.05, 3.63) is 35.6 Å². The minimum absolute atomic E-state index is 0.175. The minimum atomic E-state index is -0.352. The first-order valence-electron chi connectivity index (χ1n) is 7.97. The lowest BCUT2D eigenvalue weighted by Crippen LogP contribution is -2.44. The van der Waals surface area contributed by atoms with Gasteiger partial charge in [0.05, 0.1) is 0 Å². The predicted octanol–water partition coefficient (Wildman–Crippen LogP) is 2.98. The van der Waals surface area contributed by atoms with E-state index < -0.39 is 0 Å². The highest BCUT2D eigenvalue weighted by Gasteiger charge is 2.60. The van der Waals surface area contributed by atoms with Crippen molar-refractivity contribution in [3.8, 4) is 0 Å². The van der Waals surface area contributed by atoms with Gasteiger partial charge in [0.2, 0.25) is 5.91 Å². The van der Waals surface area contributed by atoms with Gasteiger partial charge in [-0.3, -0.25) is 10.1 Å². The van der Waals surface area contributed by atoms with Crippen LogP contribution in [-0.2, 0) is 4.79 Å². The third kappa shape index (κ3) is 2.00. The van der Waals surface area contributed by atoms with Crippen molar-refractivity contribution in [3.63, 3.8) is 0 Å². The van der Waals surface area contributed by atoms with Gasteiger partial charge in [0.25, 0.3) is 0 Å². The molecule has 1 saturated heterocycles. The average molecular weight is 288 g/mol. The molecule has 21 heavy (non-hydrogen) atoms. The molecule has 0 radical (unpaired) electrons. The van der Waals surface area contributed by atoms with Gasteiger partial charge in [0.15, 0.2) is 0 Å². The molecule has 3 nitrogen and oxygen atoms in total. The maximum Gasteiger partial charge on any atom is 0.244 e. The van der Waals surface area contributed by atoms with Gasteiger partial charge in [-0.25, -0.2) is 4.39 Å². The van der Waals surface area contributed by atoms with E-state index in [1.807, 2.05) is 11.0 Å². The highest BCUT2D eigenvalue weighted by atomic mass is 19.1. The number of hydrogen-bond donors (Lipinski definition) is 1. The van der Waals surface area contributed by atoms with Crippen LogP contribution in [0.3, 0.4) is 0 Å². The number of carbonyl (C=O) groups excluding carboxylic acids is 1. The molecule has 3 fully saturated rings. The smallest absolute Gasteiger partial charge is 0.244 e. The Morgan fingerprint density at radius 1 is 1.38 bits per heavy atom. The van der Waals surface area contributed by atoms with Crippen molar-refractivity contribution in [1.29, 1.82) is 0 Å². The first-order chi connectivity index (χ1) is 10.1. The van der Waals surface area contributed by atoms with Crippen LogP contribution >= 0.6 is 0 Å². The number of carbonyl (C=O) groups is 1. The molecule has 0 aromatic heterocycles. The second-order valence-corrected chi connectivity index (χ2v) is 6.83. The van der Waals surface area contributed by atoms with Gasteiger partial charge >= 0.3 is 0 Å². The molecular formula is C17H21FN2O. The van der Waals surface area contributed by atoms with Crippen LogP contribution in [-0.4, -0.2) is 22.4 Å². The Balaban J connectivity index is 1.68. The van der Waals surface area contributed by atoms with Gasteiger partial charge in [0, 0.05) is 6.04 Å². The normalized spacial score (nSPS) is 28.8. The molecule has 2 unspecified atom stereocenters. The van der Waals surface area contributed by atoms with Crippen LogP contribution in [0.4, 0.5) is 4.39 Å². The Kier molecular flexibility index (Phi) is 2.86. The van der Waals surface area contributed by atoms with E-state index in [0.29, 0.717) is 5.92 Å². The van der Waals surface area contributed by atoms with Gasteiger partial charge in [0.1, 0.15) is 17.5 Å². The molecule has 1 spiro atoms. The largest absolute Gasteiger partial charge is 0.318 e. The topological polar surface area (TPSA) is 32.3 Å². The maximum atomic E-state index is 13.6. The number of halogens is 1. The third-order valence-corrected chi connectivity index (χ3v) is 5.52. The summed E-state index contributed by atoms with van der Waals surface area (Å²) in [5, 5.41) is 3.48. The molecule has 4 rings (SSSR count). The highest BCUT2D eigenvalue weighted by Crippen LogP contribution is 2.48. The van der Waals surface area contributed by atoms with Crippen molar-refractivity contribution in [2.24, 2.45) is 5.92 Å². The van der Waals surface area contributed by atoms with Gasteiger partial charge in [-0.05, 0) is 56.2 Å². The summed E-state index contributed by atoms with van der Waals surface area (Å²) in [5.74, 6) is 0.576. The summed E-state index contributed by atoms with van der Waals surface area (Å²) in [5.41, 5.74) is 0.507. The molecular weight excluding hydrogens is 267 g/mol. The molecule has 3 aliphatic rings. The molecule has 1 aliphatic heterocycles. The molecule has 1 heterocycles. The van der Waals surface area contributed by atoms with Crippen LogP contribution in [0.5, 0.6) is 0 Å². The Morgan fingerprint density at radius 3 is 2.71 bits per heavy atom. The van der Waals surface area contributed by atoms with E-state index in [9.17, 15) is 9.18 Å². The fourth-order valence-electron chi connectivity index (χ4n) is 3.73. The van der Waals surface area contributed by atoms with E-state index in [4.69, 9.17) is 0 Å². The van der Waals surface area contributed by atoms with Crippen molar-refractivity contribution in [2.75, 3.05) is 0 Å². The van der Waals surface area contributed by atoms with Crippen molar-refractivity contribution < 1.29 is 9.18 Å². The van der Waals surface area contributed by atoms with Crippen LogP contribution in [0.25, 0.3) is 0 Å². The quantitative estimate of drug-likeness (QED) is 0.927. The van der Waals surface area contributed by atoms with Gasteiger partial charge in [-0.15, -0.1) is 0 Å². The Morgan fingerprint density at radius 2 is 2.14 bits per heavy atom. The summed E-state index contributed by atoms with van der Waals surface area (Å²) in [6.45, 7) is 2.15.